The number of carbonyl (C=O) groups excluding carboxylic acids is 1. The van der Waals surface area contributed by atoms with E-state index < -0.39 is 10.8 Å². The van der Waals surface area contributed by atoms with Crippen molar-refractivity contribution < 1.29 is 24.9 Å². The summed E-state index contributed by atoms with van der Waals surface area (Å²) in [5.41, 5.74) is 1.57. The van der Waals surface area contributed by atoms with E-state index in [1.165, 1.54) is 25.3 Å². The normalized spacial score (nSPS) is 16.2. The predicted molar refractivity (Wildman–Crippen MR) is 116 cm³/mol. The highest BCUT2D eigenvalue weighted by atomic mass is 16.6. The predicted octanol–water partition coefficient (Wildman–Crippen LogP) is 2.59. The number of hydrogen-bond acceptors (Lipinski definition) is 9. The van der Waals surface area contributed by atoms with E-state index >= 15 is 0 Å². The maximum absolute atomic E-state index is 13.3. The van der Waals surface area contributed by atoms with Crippen LogP contribution < -0.4 is 19.8 Å². The summed E-state index contributed by atoms with van der Waals surface area (Å²) in [5, 5.41) is 33.8. The second-order valence-corrected chi connectivity index (χ2v) is 7.47. The summed E-state index contributed by atoms with van der Waals surface area (Å²) in [4.78, 5) is 27.3. The molecule has 2 aromatic carbocycles. The zero-order valence-corrected chi connectivity index (χ0v) is 17.6. The SMILES string of the molecule is COc1ccc2c(c1)N(O)C(C(=O)N1CCN(c3ccc([N+](=O)[O-])cc3)CC1)=C(C)N2O. The molecule has 2 aromatic rings. The molecule has 2 aliphatic rings. The lowest BCUT2D eigenvalue weighted by molar-refractivity contribution is -0.384. The molecule has 0 spiro atoms. The number of ether oxygens (including phenoxy) is 1. The zero-order chi connectivity index (χ0) is 23.0. The lowest BCUT2D eigenvalue weighted by Crippen LogP contribution is -2.51. The van der Waals surface area contributed by atoms with Crippen LogP contribution in [-0.2, 0) is 4.79 Å². The molecule has 4 rings (SSSR count). The number of nitro groups is 1. The van der Waals surface area contributed by atoms with Gasteiger partial charge in [-0.15, -0.1) is 0 Å². The van der Waals surface area contributed by atoms with E-state index in [-0.39, 0.29) is 22.8 Å². The van der Waals surface area contributed by atoms with Gasteiger partial charge in [0.05, 0.1) is 29.1 Å². The fourth-order valence-electron chi connectivity index (χ4n) is 3.88. The highest BCUT2D eigenvalue weighted by Crippen LogP contribution is 2.40. The van der Waals surface area contributed by atoms with Crippen LogP contribution in [0.5, 0.6) is 5.75 Å². The summed E-state index contributed by atoms with van der Waals surface area (Å²) < 4.78 is 5.18. The van der Waals surface area contributed by atoms with Crippen molar-refractivity contribution in [1.82, 2.24) is 4.90 Å². The van der Waals surface area contributed by atoms with Gasteiger partial charge in [-0.1, -0.05) is 0 Å². The van der Waals surface area contributed by atoms with Crippen molar-refractivity contribution in [3.8, 4) is 5.75 Å². The van der Waals surface area contributed by atoms with Crippen LogP contribution in [0.3, 0.4) is 0 Å². The maximum Gasteiger partial charge on any atom is 0.274 e. The van der Waals surface area contributed by atoms with E-state index in [1.807, 2.05) is 4.90 Å². The van der Waals surface area contributed by atoms with Gasteiger partial charge >= 0.3 is 0 Å². The number of nitrogens with zero attached hydrogens (tertiary/aromatic N) is 5. The molecule has 11 nitrogen and oxygen atoms in total. The highest BCUT2D eigenvalue weighted by Gasteiger charge is 2.35. The highest BCUT2D eigenvalue weighted by molar-refractivity contribution is 6.00. The van der Waals surface area contributed by atoms with Crippen LogP contribution in [0, 0.1) is 10.1 Å². The lowest BCUT2D eigenvalue weighted by Gasteiger charge is -2.39. The van der Waals surface area contributed by atoms with Gasteiger partial charge in [0, 0.05) is 50.1 Å². The first-order valence-electron chi connectivity index (χ1n) is 9.97. The molecule has 1 saturated heterocycles. The second kappa shape index (κ2) is 8.36. The standard InChI is InChI=1S/C21H23N5O6/c1-14-20(25(29)19-13-17(32-2)7-8-18(19)24(14)28)21(27)23-11-9-22(10-12-23)15-3-5-16(6-4-15)26(30)31/h3-8,13,28-29H,9-12H2,1-2H3. The van der Waals surface area contributed by atoms with Crippen molar-refractivity contribution in [1.29, 1.82) is 0 Å². The number of hydroxylamine groups is 2. The number of fused-ring (bicyclic) bond motifs is 1. The Morgan fingerprint density at radius 2 is 1.66 bits per heavy atom. The van der Waals surface area contributed by atoms with Crippen LogP contribution in [0.15, 0.2) is 53.9 Å². The first kappa shape index (κ1) is 21.4. The minimum Gasteiger partial charge on any atom is -0.497 e. The summed E-state index contributed by atoms with van der Waals surface area (Å²) >= 11 is 0. The van der Waals surface area contributed by atoms with E-state index in [4.69, 9.17) is 4.74 Å². The number of benzene rings is 2. The first-order valence-corrected chi connectivity index (χ1v) is 9.97. The van der Waals surface area contributed by atoms with Gasteiger partial charge in [-0.3, -0.25) is 25.3 Å². The topological polar surface area (TPSA) is 123 Å². The molecule has 2 aliphatic heterocycles. The summed E-state index contributed by atoms with van der Waals surface area (Å²) in [7, 11) is 1.49. The van der Waals surface area contributed by atoms with E-state index in [9.17, 15) is 25.3 Å². The number of piperazine rings is 1. The van der Waals surface area contributed by atoms with Crippen LogP contribution >= 0.6 is 0 Å². The molecular weight excluding hydrogens is 418 g/mol. The quantitative estimate of drug-likeness (QED) is 0.544. The molecule has 0 saturated carbocycles. The summed E-state index contributed by atoms with van der Waals surface area (Å²) in [6, 6.07) is 11.0. The average molecular weight is 441 g/mol. The smallest absolute Gasteiger partial charge is 0.274 e. The summed E-state index contributed by atoms with van der Waals surface area (Å²) in [5.74, 6) is 0.0557. The van der Waals surface area contributed by atoms with Crippen molar-refractivity contribution in [2.45, 2.75) is 6.92 Å². The molecule has 1 fully saturated rings. The van der Waals surface area contributed by atoms with Gasteiger partial charge in [0.1, 0.15) is 5.75 Å². The fourth-order valence-corrected chi connectivity index (χ4v) is 3.88. The van der Waals surface area contributed by atoms with Crippen molar-refractivity contribution in [2.24, 2.45) is 0 Å². The lowest BCUT2D eigenvalue weighted by atomic mass is 10.1. The minimum absolute atomic E-state index is 0.0239. The Kier molecular flexibility index (Phi) is 5.59. The second-order valence-electron chi connectivity index (χ2n) is 7.47. The number of hydrogen-bond donors (Lipinski definition) is 2. The molecule has 0 aliphatic carbocycles. The van der Waals surface area contributed by atoms with Crippen LogP contribution in [0.2, 0.25) is 0 Å². The molecule has 2 heterocycles. The largest absolute Gasteiger partial charge is 0.497 e. The zero-order valence-electron chi connectivity index (χ0n) is 17.6. The molecule has 0 atom stereocenters. The summed E-state index contributed by atoms with van der Waals surface area (Å²) in [6.07, 6.45) is 0. The Balaban J connectivity index is 1.50. The number of non-ortho nitro benzene ring substituents is 1. The molecule has 11 heteroatoms. The van der Waals surface area contributed by atoms with Gasteiger partial charge in [-0.05, 0) is 31.2 Å². The number of carbonyl (C=O) groups is 1. The summed E-state index contributed by atoms with van der Waals surface area (Å²) in [6.45, 7) is 3.37. The molecule has 2 N–H and O–H groups in total. The molecular formula is C21H23N5O6. The Bertz CT molecular complexity index is 1080. The molecule has 32 heavy (non-hydrogen) atoms. The van der Waals surface area contributed by atoms with Gasteiger partial charge in [0.2, 0.25) is 0 Å². The van der Waals surface area contributed by atoms with E-state index in [0.29, 0.717) is 37.6 Å². The molecule has 0 radical (unpaired) electrons. The van der Waals surface area contributed by atoms with E-state index in [2.05, 4.69) is 0 Å². The number of nitro benzene ring substituents is 1. The number of rotatable bonds is 4. The van der Waals surface area contributed by atoms with Crippen molar-refractivity contribution in [3.63, 3.8) is 0 Å². The van der Waals surface area contributed by atoms with Gasteiger partial charge in [-0.2, -0.15) is 0 Å². The van der Waals surface area contributed by atoms with Crippen LogP contribution in [0.1, 0.15) is 6.92 Å². The van der Waals surface area contributed by atoms with Crippen LogP contribution in [0.25, 0.3) is 0 Å². The Hall–Kier alpha value is -3.83. The molecule has 0 unspecified atom stereocenters. The molecule has 1 amide bonds. The van der Waals surface area contributed by atoms with Crippen LogP contribution in [-0.4, -0.2) is 59.4 Å². The van der Waals surface area contributed by atoms with Gasteiger partial charge in [-0.25, -0.2) is 10.1 Å². The average Bonchev–Trinajstić information content (AvgIpc) is 2.82. The number of amides is 1. The van der Waals surface area contributed by atoms with Crippen molar-refractivity contribution >= 4 is 28.7 Å². The monoisotopic (exact) mass is 441 g/mol. The fraction of sp³-hybridized carbons (Fsp3) is 0.286. The van der Waals surface area contributed by atoms with E-state index in [0.717, 1.165) is 15.8 Å². The van der Waals surface area contributed by atoms with Gasteiger partial charge in [0.15, 0.2) is 5.70 Å². The van der Waals surface area contributed by atoms with Crippen molar-refractivity contribution in [3.05, 3.63) is 64.0 Å². The Morgan fingerprint density at radius 3 is 2.25 bits per heavy atom. The van der Waals surface area contributed by atoms with Crippen LogP contribution in [0.4, 0.5) is 22.7 Å². The Morgan fingerprint density at radius 1 is 1.00 bits per heavy atom. The number of anilines is 3. The maximum atomic E-state index is 13.3. The third-order valence-electron chi connectivity index (χ3n) is 5.71. The number of allylic oxidation sites excluding steroid dienone is 1. The molecule has 0 aromatic heterocycles. The minimum atomic E-state index is -0.445. The number of methoxy groups -OCH3 is 1. The molecule has 0 bridgehead atoms. The van der Waals surface area contributed by atoms with E-state index in [1.54, 1.807) is 36.1 Å². The Labute approximate surface area is 184 Å². The van der Waals surface area contributed by atoms with Crippen molar-refractivity contribution in [2.75, 3.05) is 48.3 Å². The first-order chi connectivity index (χ1) is 15.3. The third-order valence-corrected chi connectivity index (χ3v) is 5.71. The van der Waals surface area contributed by atoms with Gasteiger partial charge < -0.3 is 14.5 Å². The third kappa shape index (κ3) is 3.67. The van der Waals surface area contributed by atoms with Gasteiger partial charge in [0.25, 0.3) is 11.6 Å². The molecule has 168 valence electrons.